The van der Waals surface area contributed by atoms with Gasteiger partial charge in [0.1, 0.15) is 6.04 Å². The molecule has 132 valence electrons. The molecule has 1 unspecified atom stereocenters. The molecule has 2 amide bonds. The molecule has 1 N–H and O–H groups in total. The summed E-state index contributed by atoms with van der Waals surface area (Å²) in [5, 5.41) is 5.31. The van der Waals surface area contributed by atoms with Gasteiger partial charge in [-0.1, -0.05) is 13.0 Å². The van der Waals surface area contributed by atoms with Crippen molar-refractivity contribution in [1.82, 2.24) is 15.1 Å². The van der Waals surface area contributed by atoms with Gasteiger partial charge in [0.2, 0.25) is 5.91 Å². The zero-order chi connectivity index (χ0) is 16.9. The van der Waals surface area contributed by atoms with Gasteiger partial charge in [0.15, 0.2) is 0 Å². The van der Waals surface area contributed by atoms with Crippen LogP contribution < -0.4 is 5.32 Å². The van der Waals surface area contributed by atoms with Crippen LogP contribution in [-0.2, 0) is 4.79 Å². The number of nitrogens with one attached hydrogen (secondary N) is 1. The number of likely N-dealkylation sites (tertiary alicyclic amines) is 2. The molecule has 1 aromatic heterocycles. The van der Waals surface area contributed by atoms with Crippen LogP contribution in [-0.4, -0.2) is 60.4 Å². The lowest BCUT2D eigenvalue weighted by Crippen LogP contribution is -2.50. The molecule has 6 heteroatoms. The third-order valence-electron chi connectivity index (χ3n) is 5.14. The van der Waals surface area contributed by atoms with Crippen LogP contribution in [0.4, 0.5) is 0 Å². The normalized spacial score (nSPS) is 22.1. The monoisotopic (exact) mass is 349 g/mol. The molecule has 1 atom stereocenters. The van der Waals surface area contributed by atoms with Crippen LogP contribution >= 0.6 is 11.3 Å². The van der Waals surface area contributed by atoms with E-state index in [9.17, 15) is 9.59 Å². The molecule has 2 fully saturated rings. The van der Waals surface area contributed by atoms with Gasteiger partial charge in [-0.05, 0) is 56.1 Å². The predicted octanol–water partition coefficient (Wildman–Crippen LogP) is 2.20. The third-order valence-corrected chi connectivity index (χ3v) is 6.00. The highest BCUT2D eigenvalue weighted by atomic mass is 32.1. The maximum absolute atomic E-state index is 12.9. The molecule has 2 aliphatic rings. The Labute approximate surface area is 148 Å². The van der Waals surface area contributed by atoms with E-state index in [2.05, 4.69) is 12.2 Å². The molecule has 0 aliphatic carbocycles. The van der Waals surface area contributed by atoms with Crippen molar-refractivity contribution in [3.8, 4) is 0 Å². The van der Waals surface area contributed by atoms with Gasteiger partial charge in [-0.2, -0.15) is 0 Å². The molecule has 0 saturated carbocycles. The molecule has 1 aromatic rings. The van der Waals surface area contributed by atoms with E-state index in [0.29, 0.717) is 12.5 Å². The van der Waals surface area contributed by atoms with Crippen LogP contribution in [0.5, 0.6) is 0 Å². The largest absolute Gasteiger partial charge is 0.341 e. The third kappa shape index (κ3) is 3.81. The van der Waals surface area contributed by atoms with Gasteiger partial charge in [-0.25, -0.2) is 0 Å². The van der Waals surface area contributed by atoms with Crippen molar-refractivity contribution >= 4 is 23.2 Å². The number of nitrogens with zero attached hydrogens (tertiary/aromatic N) is 2. The predicted molar refractivity (Wildman–Crippen MR) is 96.2 cm³/mol. The van der Waals surface area contributed by atoms with Crippen LogP contribution in [0.1, 0.15) is 42.3 Å². The van der Waals surface area contributed by atoms with Gasteiger partial charge < -0.3 is 15.1 Å². The minimum Gasteiger partial charge on any atom is -0.341 e. The summed E-state index contributed by atoms with van der Waals surface area (Å²) < 4.78 is 0. The van der Waals surface area contributed by atoms with Crippen molar-refractivity contribution in [2.24, 2.45) is 5.92 Å². The number of thiophene rings is 1. The molecule has 0 bridgehead atoms. The van der Waals surface area contributed by atoms with E-state index in [1.807, 2.05) is 22.4 Å². The molecular formula is C18H27N3O2S. The van der Waals surface area contributed by atoms with Crippen molar-refractivity contribution < 1.29 is 9.59 Å². The average Bonchev–Trinajstić information content (AvgIpc) is 3.30. The highest BCUT2D eigenvalue weighted by molar-refractivity contribution is 7.12. The number of piperidine rings is 1. The number of amides is 2. The van der Waals surface area contributed by atoms with Crippen molar-refractivity contribution in [1.29, 1.82) is 0 Å². The van der Waals surface area contributed by atoms with E-state index in [1.54, 1.807) is 4.90 Å². The first-order valence-electron chi connectivity index (χ1n) is 9.04. The minimum absolute atomic E-state index is 0.0166. The van der Waals surface area contributed by atoms with E-state index >= 15 is 0 Å². The van der Waals surface area contributed by atoms with Gasteiger partial charge in [0.25, 0.3) is 5.91 Å². The number of hydrogen-bond donors (Lipinski definition) is 1. The van der Waals surface area contributed by atoms with Crippen LogP contribution in [0, 0.1) is 5.92 Å². The number of rotatable bonds is 5. The number of hydrogen-bond acceptors (Lipinski definition) is 4. The first kappa shape index (κ1) is 17.4. The summed E-state index contributed by atoms with van der Waals surface area (Å²) in [5.41, 5.74) is 0. The molecule has 0 aromatic carbocycles. The molecule has 5 nitrogen and oxygen atoms in total. The quantitative estimate of drug-likeness (QED) is 0.887. The summed E-state index contributed by atoms with van der Waals surface area (Å²) in [6, 6.07) is 3.48. The first-order valence-corrected chi connectivity index (χ1v) is 9.92. The molecule has 0 radical (unpaired) electrons. The van der Waals surface area contributed by atoms with E-state index < -0.39 is 0 Å². The van der Waals surface area contributed by atoms with Crippen LogP contribution in [0.15, 0.2) is 17.5 Å². The van der Waals surface area contributed by atoms with Crippen LogP contribution in [0.3, 0.4) is 0 Å². The van der Waals surface area contributed by atoms with E-state index in [4.69, 9.17) is 0 Å². The molecular weight excluding hydrogens is 322 g/mol. The van der Waals surface area contributed by atoms with Crippen molar-refractivity contribution in [3.63, 3.8) is 0 Å². The molecule has 2 aliphatic heterocycles. The second-order valence-electron chi connectivity index (χ2n) is 6.71. The van der Waals surface area contributed by atoms with Crippen LogP contribution in [0.2, 0.25) is 0 Å². The lowest BCUT2D eigenvalue weighted by atomic mass is 9.96. The Bertz CT molecular complexity index is 553. The standard InChI is InChI=1S/C18H27N3O2S/c1-2-19-13-14-7-10-20(11-8-14)17(22)15-5-3-9-21(15)18(23)16-6-4-12-24-16/h4,6,12,14-15,19H,2-3,5,7-11,13H2,1H3. The highest BCUT2D eigenvalue weighted by Crippen LogP contribution is 2.25. The lowest BCUT2D eigenvalue weighted by Gasteiger charge is -2.35. The van der Waals surface area contributed by atoms with E-state index in [-0.39, 0.29) is 17.9 Å². The second-order valence-corrected chi connectivity index (χ2v) is 7.66. The van der Waals surface area contributed by atoms with Crippen molar-refractivity contribution in [2.45, 2.75) is 38.6 Å². The zero-order valence-corrected chi connectivity index (χ0v) is 15.2. The Kier molecular flexibility index (Phi) is 5.89. The fourth-order valence-electron chi connectivity index (χ4n) is 3.72. The maximum Gasteiger partial charge on any atom is 0.264 e. The Balaban J connectivity index is 1.57. The Morgan fingerprint density at radius 2 is 2.04 bits per heavy atom. The van der Waals surface area contributed by atoms with Gasteiger partial charge in [-0.15, -0.1) is 11.3 Å². The van der Waals surface area contributed by atoms with Gasteiger partial charge in [0, 0.05) is 19.6 Å². The summed E-state index contributed by atoms with van der Waals surface area (Å²) in [5.74, 6) is 0.837. The minimum atomic E-state index is -0.259. The van der Waals surface area contributed by atoms with Gasteiger partial charge in [-0.3, -0.25) is 9.59 Å². The van der Waals surface area contributed by atoms with E-state index in [0.717, 1.165) is 56.7 Å². The Hall–Kier alpha value is -1.40. The lowest BCUT2D eigenvalue weighted by molar-refractivity contribution is -0.136. The molecule has 3 rings (SSSR count). The van der Waals surface area contributed by atoms with Gasteiger partial charge >= 0.3 is 0 Å². The molecule has 24 heavy (non-hydrogen) atoms. The number of carbonyl (C=O) groups is 2. The zero-order valence-electron chi connectivity index (χ0n) is 14.4. The molecule has 0 spiro atoms. The molecule has 3 heterocycles. The molecule has 2 saturated heterocycles. The fraction of sp³-hybridized carbons (Fsp3) is 0.667. The summed E-state index contributed by atoms with van der Waals surface area (Å²) in [7, 11) is 0. The Morgan fingerprint density at radius 3 is 2.71 bits per heavy atom. The number of carbonyl (C=O) groups excluding carboxylic acids is 2. The Morgan fingerprint density at radius 1 is 1.25 bits per heavy atom. The van der Waals surface area contributed by atoms with Crippen molar-refractivity contribution in [2.75, 3.05) is 32.7 Å². The maximum atomic E-state index is 12.9. The van der Waals surface area contributed by atoms with Gasteiger partial charge in [0.05, 0.1) is 4.88 Å². The second kappa shape index (κ2) is 8.12. The van der Waals surface area contributed by atoms with E-state index in [1.165, 1.54) is 11.3 Å². The summed E-state index contributed by atoms with van der Waals surface area (Å²) in [4.78, 5) is 30.1. The highest BCUT2D eigenvalue weighted by Gasteiger charge is 2.38. The summed E-state index contributed by atoms with van der Waals surface area (Å²) in [6.07, 6.45) is 3.84. The average molecular weight is 350 g/mol. The summed E-state index contributed by atoms with van der Waals surface area (Å²) >= 11 is 1.45. The smallest absolute Gasteiger partial charge is 0.264 e. The topological polar surface area (TPSA) is 52.7 Å². The van der Waals surface area contributed by atoms with Crippen LogP contribution in [0.25, 0.3) is 0 Å². The fourth-order valence-corrected chi connectivity index (χ4v) is 4.40. The summed E-state index contributed by atoms with van der Waals surface area (Å²) in [6.45, 7) is 6.52. The first-order chi connectivity index (χ1) is 11.7. The SMILES string of the molecule is CCNCC1CCN(C(=O)C2CCCN2C(=O)c2cccs2)CC1. The van der Waals surface area contributed by atoms with Crippen molar-refractivity contribution in [3.05, 3.63) is 22.4 Å².